The molecule has 7 nitrogen and oxygen atoms in total. The highest BCUT2D eigenvalue weighted by molar-refractivity contribution is 7.89. The second-order valence-electron chi connectivity index (χ2n) is 5.55. The molecule has 0 radical (unpaired) electrons. The molecular weight excluding hydrogens is 332 g/mol. The largest absolute Gasteiger partial charge is 0.480 e. The molecule has 0 aromatic heterocycles. The summed E-state index contributed by atoms with van der Waals surface area (Å²) in [7, 11) is -0.342. The second-order valence-corrected chi connectivity index (χ2v) is 7.23. The molecule has 1 atom stereocenters. The number of nitrogens with one attached hydrogen (secondary N) is 1. The lowest BCUT2D eigenvalue weighted by atomic mass is 10.1. The van der Waals surface area contributed by atoms with E-state index < -0.39 is 28.6 Å². The average Bonchev–Trinajstić information content (AvgIpc) is 2.52. The minimum Gasteiger partial charge on any atom is -0.480 e. The van der Waals surface area contributed by atoms with Crippen LogP contribution in [0.4, 0.5) is 5.69 Å². The number of rotatable bonds is 7. The van der Waals surface area contributed by atoms with Gasteiger partial charge in [-0.15, -0.1) is 0 Å². The molecule has 2 aromatic carbocycles. The van der Waals surface area contributed by atoms with Crippen LogP contribution in [-0.2, 0) is 14.8 Å². The summed E-state index contributed by atoms with van der Waals surface area (Å²) in [4.78, 5) is 13.0. The Morgan fingerprint density at radius 3 is 2.38 bits per heavy atom. The highest BCUT2D eigenvalue weighted by Gasteiger charge is 2.26. The third kappa shape index (κ3) is 3.66. The molecule has 0 aliphatic heterocycles. The van der Waals surface area contributed by atoms with Gasteiger partial charge in [-0.1, -0.05) is 24.3 Å². The summed E-state index contributed by atoms with van der Waals surface area (Å²) in [6.45, 7) is -0.431. The van der Waals surface area contributed by atoms with E-state index in [2.05, 4.69) is 4.72 Å². The Morgan fingerprint density at radius 1 is 1.17 bits per heavy atom. The Hall–Kier alpha value is -2.16. The van der Waals surface area contributed by atoms with Gasteiger partial charge in [0, 0.05) is 37.2 Å². The Balaban J connectivity index is 2.55. The predicted octanol–water partition coefficient (Wildman–Crippen LogP) is 1.02. The Kier molecular flexibility index (Phi) is 5.43. The number of carbonyl (C=O) groups is 1. The molecule has 24 heavy (non-hydrogen) atoms. The van der Waals surface area contributed by atoms with Crippen molar-refractivity contribution in [3.8, 4) is 0 Å². The molecule has 0 saturated carbocycles. The standard InChI is InChI=1S/C16H20N2O5S/c1-18(2)14-7-3-6-12-11(14)5-4-8-15(12)24(22,23)17-13(9-10-19)16(20)21/h3-8,13,17,19H,9-10H2,1-2H3,(H,20,21)/t13-/m0/s1. The van der Waals surface area contributed by atoms with Crippen molar-refractivity contribution in [1.82, 2.24) is 4.72 Å². The number of fused-ring (bicyclic) bond motifs is 1. The monoisotopic (exact) mass is 352 g/mol. The number of hydrogen-bond acceptors (Lipinski definition) is 5. The number of aliphatic carboxylic acids is 1. The molecule has 2 rings (SSSR count). The molecule has 0 aliphatic rings. The van der Waals surface area contributed by atoms with Crippen LogP contribution in [0.3, 0.4) is 0 Å². The van der Waals surface area contributed by atoms with Crippen LogP contribution >= 0.6 is 0 Å². The van der Waals surface area contributed by atoms with Crippen LogP contribution in [0.15, 0.2) is 41.3 Å². The van der Waals surface area contributed by atoms with Crippen LogP contribution in [0, 0.1) is 0 Å². The van der Waals surface area contributed by atoms with E-state index in [0.29, 0.717) is 5.39 Å². The predicted molar refractivity (Wildman–Crippen MR) is 91.7 cm³/mol. The number of anilines is 1. The van der Waals surface area contributed by atoms with Crippen molar-refractivity contribution in [2.24, 2.45) is 0 Å². The van der Waals surface area contributed by atoms with Gasteiger partial charge in [0.15, 0.2) is 0 Å². The maximum Gasteiger partial charge on any atom is 0.321 e. The summed E-state index contributed by atoms with van der Waals surface area (Å²) in [6, 6.07) is 8.78. The Bertz CT molecular complexity index is 849. The molecule has 0 bridgehead atoms. The zero-order chi connectivity index (χ0) is 17.9. The molecule has 0 amide bonds. The summed E-state index contributed by atoms with van der Waals surface area (Å²) in [6.07, 6.45) is -0.206. The number of carboxylic acids is 1. The van der Waals surface area contributed by atoms with Crippen molar-refractivity contribution < 1.29 is 23.4 Å². The van der Waals surface area contributed by atoms with Crippen molar-refractivity contribution in [2.75, 3.05) is 25.6 Å². The third-order valence-corrected chi connectivity index (χ3v) is 5.17. The normalized spacial score (nSPS) is 13.0. The molecule has 0 fully saturated rings. The van der Waals surface area contributed by atoms with E-state index >= 15 is 0 Å². The topological polar surface area (TPSA) is 107 Å². The van der Waals surface area contributed by atoms with E-state index in [9.17, 15) is 13.2 Å². The van der Waals surface area contributed by atoms with Crippen LogP contribution in [0.5, 0.6) is 0 Å². The first kappa shape index (κ1) is 18.2. The molecule has 0 spiro atoms. The lowest BCUT2D eigenvalue weighted by molar-refractivity contribution is -0.139. The summed E-state index contributed by atoms with van der Waals surface area (Å²) in [5.74, 6) is -1.33. The van der Waals surface area contributed by atoms with E-state index in [4.69, 9.17) is 10.2 Å². The molecular formula is C16H20N2O5S. The number of carboxylic acid groups (broad SMARTS) is 1. The highest BCUT2D eigenvalue weighted by atomic mass is 32.2. The lowest BCUT2D eigenvalue weighted by Gasteiger charge is -2.18. The second kappa shape index (κ2) is 7.16. The molecule has 0 aliphatic carbocycles. The lowest BCUT2D eigenvalue weighted by Crippen LogP contribution is -2.41. The summed E-state index contributed by atoms with van der Waals surface area (Å²) < 4.78 is 27.4. The fourth-order valence-corrected chi connectivity index (χ4v) is 3.95. The average molecular weight is 352 g/mol. The summed E-state index contributed by atoms with van der Waals surface area (Å²) in [5.41, 5.74) is 0.856. The molecule has 3 N–H and O–H groups in total. The van der Waals surface area contributed by atoms with E-state index in [0.717, 1.165) is 11.1 Å². The Labute approximate surface area is 140 Å². The number of aliphatic hydroxyl groups is 1. The van der Waals surface area contributed by atoms with Gasteiger partial charge in [-0.25, -0.2) is 8.42 Å². The molecule has 0 heterocycles. The first-order valence-electron chi connectivity index (χ1n) is 7.33. The van der Waals surface area contributed by atoms with Gasteiger partial charge in [0.25, 0.3) is 0 Å². The fourth-order valence-electron chi connectivity index (χ4n) is 2.50. The smallest absolute Gasteiger partial charge is 0.321 e. The van der Waals surface area contributed by atoms with Crippen LogP contribution in [0.25, 0.3) is 10.8 Å². The first-order chi connectivity index (χ1) is 11.3. The zero-order valence-corrected chi connectivity index (χ0v) is 14.2. The molecule has 130 valence electrons. The minimum absolute atomic E-state index is 0.00731. The quantitative estimate of drug-likeness (QED) is 0.687. The van der Waals surface area contributed by atoms with Crippen molar-refractivity contribution in [3.63, 3.8) is 0 Å². The van der Waals surface area contributed by atoms with Crippen LogP contribution < -0.4 is 9.62 Å². The maximum absolute atomic E-state index is 12.6. The van der Waals surface area contributed by atoms with Gasteiger partial charge in [0.2, 0.25) is 10.0 Å². The van der Waals surface area contributed by atoms with Gasteiger partial charge < -0.3 is 15.1 Å². The van der Waals surface area contributed by atoms with Gasteiger partial charge >= 0.3 is 5.97 Å². The number of aliphatic hydroxyl groups excluding tert-OH is 1. The van der Waals surface area contributed by atoms with Gasteiger partial charge in [-0.3, -0.25) is 4.79 Å². The van der Waals surface area contributed by atoms with Crippen LogP contribution in [0.1, 0.15) is 6.42 Å². The minimum atomic E-state index is -4.06. The Morgan fingerprint density at radius 2 is 1.79 bits per heavy atom. The van der Waals surface area contributed by atoms with Gasteiger partial charge in [-0.05, 0) is 18.6 Å². The van der Waals surface area contributed by atoms with Crippen molar-refractivity contribution in [1.29, 1.82) is 0 Å². The molecule has 8 heteroatoms. The first-order valence-corrected chi connectivity index (χ1v) is 8.81. The van der Waals surface area contributed by atoms with Gasteiger partial charge in [0.05, 0.1) is 4.90 Å². The molecule has 0 unspecified atom stereocenters. The molecule has 0 saturated heterocycles. The SMILES string of the molecule is CN(C)c1cccc2c(S(=O)(=O)N[C@@H](CCO)C(=O)O)cccc12. The fraction of sp³-hybridized carbons (Fsp3) is 0.312. The maximum atomic E-state index is 12.6. The summed E-state index contributed by atoms with van der Waals surface area (Å²) >= 11 is 0. The van der Waals surface area contributed by atoms with Crippen LogP contribution in [0.2, 0.25) is 0 Å². The zero-order valence-electron chi connectivity index (χ0n) is 13.4. The third-order valence-electron chi connectivity index (χ3n) is 3.64. The van der Waals surface area contributed by atoms with Gasteiger partial charge in [-0.2, -0.15) is 4.72 Å². The van der Waals surface area contributed by atoms with Crippen molar-refractivity contribution in [2.45, 2.75) is 17.4 Å². The number of hydrogen-bond donors (Lipinski definition) is 3. The summed E-state index contributed by atoms with van der Waals surface area (Å²) in [5, 5.41) is 19.3. The number of sulfonamides is 1. The molecule has 2 aromatic rings. The van der Waals surface area contributed by atoms with E-state index in [1.165, 1.54) is 6.07 Å². The van der Waals surface area contributed by atoms with Gasteiger partial charge in [0.1, 0.15) is 6.04 Å². The van der Waals surface area contributed by atoms with Crippen molar-refractivity contribution >= 4 is 32.5 Å². The number of benzene rings is 2. The highest BCUT2D eigenvalue weighted by Crippen LogP contribution is 2.30. The van der Waals surface area contributed by atoms with E-state index in [1.54, 1.807) is 18.2 Å². The number of nitrogens with zero attached hydrogens (tertiary/aromatic N) is 1. The van der Waals surface area contributed by atoms with Crippen molar-refractivity contribution in [3.05, 3.63) is 36.4 Å². The van der Waals surface area contributed by atoms with E-state index in [1.807, 2.05) is 31.1 Å². The van der Waals surface area contributed by atoms with Crippen LogP contribution in [-0.4, -0.2) is 51.3 Å². The van der Waals surface area contributed by atoms with E-state index in [-0.39, 0.29) is 11.3 Å².